The van der Waals surface area contributed by atoms with Crippen LogP contribution in [0.5, 0.6) is 0 Å². The van der Waals surface area contributed by atoms with E-state index < -0.39 is 0 Å². The number of rotatable bonds is 1. The van der Waals surface area contributed by atoms with Gasteiger partial charge in [0, 0.05) is 21.0 Å². The fourth-order valence-electron chi connectivity index (χ4n) is 2.69. The minimum Gasteiger partial charge on any atom is -0.308 e. The van der Waals surface area contributed by atoms with Crippen molar-refractivity contribution in [3.63, 3.8) is 0 Å². The SMILES string of the molecule is C#Cc1ccc(N2c3ccccc3Sc3ccccc32)cc1. The van der Waals surface area contributed by atoms with Gasteiger partial charge in [-0.25, -0.2) is 0 Å². The molecule has 4 rings (SSSR count). The molecule has 22 heavy (non-hydrogen) atoms. The monoisotopic (exact) mass is 299 g/mol. The third kappa shape index (κ3) is 2.07. The highest BCUT2D eigenvalue weighted by atomic mass is 32.2. The Balaban J connectivity index is 1.92. The molecule has 0 bridgehead atoms. The number of nitrogens with zero attached hydrogens (tertiary/aromatic N) is 1. The maximum atomic E-state index is 5.46. The summed E-state index contributed by atoms with van der Waals surface area (Å²) in [5.74, 6) is 2.67. The zero-order valence-electron chi connectivity index (χ0n) is 11.9. The summed E-state index contributed by atoms with van der Waals surface area (Å²) in [6, 6.07) is 25.1. The molecule has 104 valence electrons. The van der Waals surface area contributed by atoms with Gasteiger partial charge in [-0.1, -0.05) is 41.9 Å². The second-order valence-electron chi connectivity index (χ2n) is 5.06. The fourth-order valence-corrected chi connectivity index (χ4v) is 3.75. The molecule has 2 heteroatoms. The average Bonchev–Trinajstić information content (AvgIpc) is 2.60. The van der Waals surface area contributed by atoms with Crippen LogP contribution in [-0.4, -0.2) is 0 Å². The van der Waals surface area contributed by atoms with Gasteiger partial charge in [-0.3, -0.25) is 0 Å². The standard InChI is InChI=1S/C20H13NS/c1-2-15-11-13-16(14-12-15)21-17-7-3-5-9-19(17)22-20-10-6-4-8-18(20)21/h1,3-14H. The summed E-state index contributed by atoms with van der Waals surface area (Å²) >= 11 is 1.81. The molecule has 0 aliphatic carbocycles. The molecule has 1 nitrogen and oxygen atoms in total. The van der Waals surface area contributed by atoms with Crippen LogP contribution in [0.1, 0.15) is 5.56 Å². The lowest BCUT2D eigenvalue weighted by Gasteiger charge is -2.32. The molecule has 1 aliphatic heterocycles. The zero-order chi connectivity index (χ0) is 14.9. The Morgan fingerprint density at radius 1 is 0.727 bits per heavy atom. The highest BCUT2D eigenvalue weighted by Crippen LogP contribution is 2.50. The predicted molar refractivity (Wildman–Crippen MR) is 93.2 cm³/mol. The molecule has 0 unspecified atom stereocenters. The van der Waals surface area contributed by atoms with Crippen LogP contribution in [0.25, 0.3) is 0 Å². The molecule has 0 saturated heterocycles. The van der Waals surface area contributed by atoms with Crippen LogP contribution in [0.2, 0.25) is 0 Å². The van der Waals surface area contributed by atoms with Crippen molar-refractivity contribution in [2.75, 3.05) is 4.90 Å². The lowest BCUT2D eigenvalue weighted by molar-refractivity contribution is 1.17. The van der Waals surface area contributed by atoms with Crippen LogP contribution in [0, 0.1) is 12.3 Å². The highest BCUT2D eigenvalue weighted by molar-refractivity contribution is 7.99. The van der Waals surface area contributed by atoms with E-state index in [0.717, 1.165) is 11.3 Å². The number of terminal acetylenes is 1. The molecule has 0 radical (unpaired) electrons. The van der Waals surface area contributed by atoms with Gasteiger partial charge in [-0.2, -0.15) is 0 Å². The molecule has 0 amide bonds. The van der Waals surface area contributed by atoms with Gasteiger partial charge >= 0.3 is 0 Å². The van der Waals surface area contributed by atoms with Gasteiger partial charge in [0.1, 0.15) is 0 Å². The predicted octanol–water partition coefficient (Wildman–Crippen LogP) is 5.60. The molecule has 0 N–H and O–H groups in total. The Morgan fingerprint density at radius 2 is 1.27 bits per heavy atom. The molecule has 0 aromatic heterocycles. The van der Waals surface area contributed by atoms with Crippen molar-refractivity contribution in [3.05, 3.63) is 78.4 Å². The molecule has 1 heterocycles. The first kappa shape index (κ1) is 13.1. The summed E-state index contributed by atoms with van der Waals surface area (Å²) in [4.78, 5) is 4.83. The molecular formula is C20H13NS. The van der Waals surface area contributed by atoms with Crippen LogP contribution in [0.3, 0.4) is 0 Å². The smallest absolute Gasteiger partial charge is 0.0601 e. The number of para-hydroxylation sites is 2. The summed E-state index contributed by atoms with van der Waals surface area (Å²) in [5, 5.41) is 0. The first-order valence-corrected chi connectivity index (χ1v) is 7.91. The topological polar surface area (TPSA) is 3.24 Å². The van der Waals surface area contributed by atoms with Gasteiger partial charge < -0.3 is 4.90 Å². The van der Waals surface area contributed by atoms with Gasteiger partial charge in [0.05, 0.1) is 11.4 Å². The summed E-state index contributed by atoms with van der Waals surface area (Å²) in [7, 11) is 0. The average molecular weight is 299 g/mol. The molecule has 0 saturated carbocycles. The maximum absolute atomic E-state index is 5.46. The van der Waals surface area contributed by atoms with Crippen LogP contribution < -0.4 is 4.90 Å². The van der Waals surface area contributed by atoms with Gasteiger partial charge in [0.15, 0.2) is 0 Å². The van der Waals surface area contributed by atoms with Gasteiger partial charge in [-0.05, 0) is 48.5 Å². The number of hydrogen-bond donors (Lipinski definition) is 0. The van der Waals surface area contributed by atoms with Crippen LogP contribution in [0.4, 0.5) is 17.1 Å². The van der Waals surface area contributed by atoms with E-state index in [1.54, 1.807) is 0 Å². The Bertz CT molecular complexity index is 829. The molecule has 3 aromatic rings. The number of hydrogen-bond acceptors (Lipinski definition) is 2. The Kier molecular flexibility index (Phi) is 3.14. The van der Waals surface area contributed by atoms with Crippen molar-refractivity contribution >= 4 is 28.8 Å². The fraction of sp³-hybridized carbons (Fsp3) is 0. The third-order valence-electron chi connectivity index (χ3n) is 3.72. The third-order valence-corrected chi connectivity index (χ3v) is 4.85. The molecule has 3 aromatic carbocycles. The van der Waals surface area contributed by atoms with Crippen molar-refractivity contribution < 1.29 is 0 Å². The van der Waals surface area contributed by atoms with Crippen molar-refractivity contribution in [2.45, 2.75) is 9.79 Å². The minimum atomic E-state index is 0.900. The molecule has 0 atom stereocenters. The largest absolute Gasteiger partial charge is 0.308 e. The Hall–Kier alpha value is -2.63. The first-order valence-electron chi connectivity index (χ1n) is 7.09. The van der Waals surface area contributed by atoms with Crippen molar-refractivity contribution in [3.8, 4) is 12.3 Å². The van der Waals surface area contributed by atoms with E-state index in [2.05, 4.69) is 71.5 Å². The van der Waals surface area contributed by atoms with E-state index in [1.807, 2.05) is 23.9 Å². The Labute approximate surface area is 134 Å². The zero-order valence-corrected chi connectivity index (χ0v) is 12.7. The first-order chi connectivity index (χ1) is 10.9. The van der Waals surface area contributed by atoms with E-state index >= 15 is 0 Å². The lowest BCUT2D eigenvalue weighted by Crippen LogP contribution is -2.14. The molecule has 0 fully saturated rings. The van der Waals surface area contributed by atoms with Crippen LogP contribution in [-0.2, 0) is 0 Å². The van der Waals surface area contributed by atoms with E-state index in [9.17, 15) is 0 Å². The second kappa shape index (κ2) is 5.29. The van der Waals surface area contributed by atoms with Gasteiger partial charge in [0.2, 0.25) is 0 Å². The summed E-state index contributed by atoms with van der Waals surface area (Å²) in [5.41, 5.74) is 4.44. The summed E-state index contributed by atoms with van der Waals surface area (Å²) in [6.07, 6.45) is 5.46. The number of anilines is 3. The van der Waals surface area contributed by atoms with Crippen LogP contribution in [0.15, 0.2) is 82.6 Å². The molecule has 0 spiro atoms. The van der Waals surface area contributed by atoms with Crippen molar-refractivity contribution in [1.82, 2.24) is 0 Å². The second-order valence-corrected chi connectivity index (χ2v) is 6.15. The maximum Gasteiger partial charge on any atom is 0.0601 e. The normalized spacial score (nSPS) is 12.2. The lowest BCUT2D eigenvalue weighted by atomic mass is 10.1. The van der Waals surface area contributed by atoms with Crippen molar-refractivity contribution in [2.24, 2.45) is 0 Å². The van der Waals surface area contributed by atoms with E-state index in [4.69, 9.17) is 6.42 Å². The molecule has 1 aliphatic rings. The van der Waals surface area contributed by atoms with E-state index in [1.165, 1.54) is 21.2 Å². The van der Waals surface area contributed by atoms with Crippen LogP contribution >= 0.6 is 11.8 Å². The number of benzene rings is 3. The quantitative estimate of drug-likeness (QED) is 0.421. The minimum absolute atomic E-state index is 0.900. The van der Waals surface area contributed by atoms with Gasteiger partial charge in [0.25, 0.3) is 0 Å². The van der Waals surface area contributed by atoms with E-state index in [-0.39, 0.29) is 0 Å². The Morgan fingerprint density at radius 3 is 1.82 bits per heavy atom. The van der Waals surface area contributed by atoms with Crippen molar-refractivity contribution in [1.29, 1.82) is 0 Å². The summed E-state index contributed by atoms with van der Waals surface area (Å²) < 4.78 is 0. The van der Waals surface area contributed by atoms with E-state index in [0.29, 0.717) is 0 Å². The highest BCUT2D eigenvalue weighted by Gasteiger charge is 2.23. The summed E-state index contributed by atoms with van der Waals surface area (Å²) in [6.45, 7) is 0. The molecular weight excluding hydrogens is 286 g/mol. The number of fused-ring (bicyclic) bond motifs is 2. The van der Waals surface area contributed by atoms with Gasteiger partial charge in [-0.15, -0.1) is 6.42 Å².